The highest BCUT2D eigenvalue weighted by molar-refractivity contribution is 6.36. The lowest BCUT2D eigenvalue weighted by Gasteiger charge is -2.34. The molecule has 2 heterocycles. The lowest BCUT2D eigenvalue weighted by Crippen LogP contribution is -2.52. The van der Waals surface area contributed by atoms with Crippen molar-refractivity contribution in [2.45, 2.75) is 76.2 Å². The first kappa shape index (κ1) is 28.7. The summed E-state index contributed by atoms with van der Waals surface area (Å²) < 4.78 is 6.49. The second kappa shape index (κ2) is 12.1. The summed E-state index contributed by atoms with van der Waals surface area (Å²) in [5.74, 6) is -0.618. The Labute approximate surface area is 251 Å². The number of fused-ring (bicyclic) bond motifs is 1. The Morgan fingerprint density at radius 1 is 0.976 bits per heavy atom. The molecular formula is C33H39ClN4O4. The molecule has 1 aromatic heterocycles. The van der Waals surface area contributed by atoms with Crippen LogP contribution in [0.1, 0.15) is 91.0 Å². The number of hydrazine groups is 1. The lowest BCUT2D eigenvalue weighted by molar-refractivity contribution is 0.0428. The zero-order valence-corrected chi connectivity index (χ0v) is 25.0. The number of carbonyl (C=O) groups excluding carboxylic acids is 3. The quantitative estimate of drug-likeness (QED) is 0.316. The van der Waals surface area contributed by atoms with Crippen LogP contribution in [0.5, 0.6) is 0 Å². The van der Waals surface area contributed by atoms with Gasteiger partial charge in [0, 0.05) is 34.7 Å². The van der Waals surface area contributed by atoms with E-state index in [9.17, 15) is 14.4 Å². The lowest BCUT2D eigenvalue weighted by atomic mass is 9.94. The first-order chi connectivity index (χ1) is 20.4. The summed E-state index contributed by atoms with van der Waals surface area (Å²) in [4.78, 5) is 42.6. The predicted molar refractivity (Wildman–Crippen MR) is 163 cm³/mol. The van der Waals surface area contributed by atoms with Gasteiger partial charge in [-0.3, -0.25) is 19.6 Å². The van der Waals surface area contributed by atoms with E-state index in [-0.39, 0.29) is 29.9 Å². The summed E-state index contributed by atoms with van der Waals surface area (Å²) in [7, 11) is 0. The van der Waals surface area contributed by atoms with Gasteiger partial charge in [-0.25, -0.2) is 9.80 Å². The molecule has 0 radical (unpaired) electrons. The number of aromatic nitrogens is 1. The average molecular weight is 591 g/mol. The molecule has 3 aliphatic rings. The van der Waals surface area contributed by atoms with Crippen LogP contribution < -0.4 is 5.43 Å². The van der Waals surface area contributed by atoms with E-state index in [0.29, 0.717) is 27.1 Å². The van der Waals surface area contributed by atoms with E-state index >= 15 is 0 Å². The fourth-order valence-corrected chi connectivity index (χ4v) is 6.91. The average Bonchev–Trinajstić information content (AvgIpc) is 3.46. The molecule has 1 saturated heterocycles. The number of carbonyl (C=O) groups is 3. The van der Waals surface area contributed by atoms with Gasteiger partial charge in [-0.1, -0.05) is 49.1 Å². The highest BCUT2D eigenvalue weighted by Crippen LogP contribution is 2.49. The largest absolute Gasteiger partial charge is 0.449 e. The molecule has 2 saturated carbocycles. The standard InChI is InChI=1S/C33H39ClN4O4/c1-2-42-32(41)37-21-28(34)27-15-12-24(20-29(27)37)31(40)38(26-8-4-3-5-9-26)35-30(39)23-10-13-25(14-11-23)33(16-17-33)22-36-18-6-7-19-36/h10-15,20-21,26H,2-9,16-19,22H2,1H3,(H,35,39). The fraction of sp³-hybridized carbons (Fsp3) is 0.485. The molecule has 3 aromatic rings. The van der Waals surface area contributed by atoms with E-state index in [0.717, 1.165) is 38.6 Å². The molecule has 0 spiro atoms. The van der Waals surface area contributed by atoms with Crippen LogP contribution in [-0.4, -0.2) is 64.7 Å². The van der Waals surface area contributed by atoms with Crippen molar-refractivity contribution in [1.82, 2.24) is 19.9 Å². The van der Waals surface area contributed by atoms with E-state index in [1.165, 1.54) is 60.1 Å². The zero-order valence-electron chi connectivity index (χ0n) is 24.2. The van der Waals surface area contributed by atoms with Crippen LogP contribution in [0, 0.1) is 0 Å². The summed E-state index contributed by atoms with van der Waals surface area (Å²) in [5, 5.41) is 2.55. The number of amides is 2. The Kier molecular flexibility index (Phi) is 8.28. The minimum Gasteiger partial charge on any atom is -0.449 e. The molecule has 0 bridgehead atoms. The Morgan fingerprint density at radius 2 is 1.67 bits per heavy atom. The third kappa shape index (κ3) is 5.79. The second-order valence-corrected chi connectivity index (χ2v) is 12.4. The molecular weight excluding hydrogens is 552 g/mol. The molecule has 0 unspecified atom stereocenters. The fourth-order valence-electron chi connectivity index (χ4n) is 6.66. The molecule has 2 amide bonds. The van der Waals surface area contributed by atoms with Crippen LogP contribution in [-0.2, 0) is 10.2 Å². The minimum absolute atomic E-state index is 0.110. The van der Waals surface area contributed by atoms with E-state index in [4.69, 9.17) is 16.3 Å². The SMILES string of the molecule is CCOC(=O)n1cc(Cl)c2ccc(C(=O)N(NC(=O)c3ccc(C4(CN5CCCC5)CC4)cc3)C3CCCCC3)cc21. The molecule has 0 atom stereocenters. The minimum atomic E-state index is -0.562. The molecule has 2 aliphatic carbocycles. The van der Waals surface area contributed by atoms with Crippen molar-refractivity contribution >= 4 is 40.4 Å². The molecule has 8 nitrogen and oxygen atoms in total. The molecule has 3 fully saturated rings. The van der Waals surface area contributed by atoms with Crippen LogP contribution >= 0.6 is 11.6 Å². The van der Waals surface area contributed by atoms with Gasteiger partial charge in [0.05, 0.1) is 23.2 Å². The van der Waals surface area contributed by atoms with Gasteiger partial charge in [0.15, 0.2) is 0 Å². The van der Waals surface area contributed by atoms with Crippen LogP contribution in [0.3, 0.4) is 0 Å². The third-order valence-electron chi connectivity index (χ3n) is 9.19. The van der Waals surface area contributed by atoms with Crippen molar-refractivity contribution in [2.75, 3.05) is 26.2 Å². The summed E-state index contributed by atoms with van der Waals surface area (Å²) in [6.45, 7) is 5.41. The Bertz CT molecular complexity index is 1470. The van der Waals surface area contributed by atoms with Gasteiger partial charge in [0.1, 0.15) is 0 Å². The molecule has 2 aromatic carbocycles. The molecule has 9 heteroatoms. The number of ether oxygens (including phenoxy) is 1. The number of rotatable bonds is 7. The van der Waals surface area contributed by atoms with Gasteiger partial charge in [0.2, 0.25) is 0 Å². The molecule has 1 N–H and O–H groups in total. The van der Waals surface area contributed by atoms with Crippen LogP contribution in [0.15, 0.2) is 48.7 Å². The van der Waals surface area contributed by atoms with Crippen molar-refractivity contribution in [3.63, 3.8) is 0 Å². The smallest absolute Gasteiger partial charge is 0.418 e. The van der Waals surface area contributed by atoms with Gasteiger partial charge in [-0.15, -0.1) is 0 Å². The maximum absolute atomic E-state index is 14.0. The first-order valence-corrected chi connectivity index (χ1v) is 15.7. The number of halogens is 1. The Balaban J connectivity index is 1.23. The topological polar surface area (TPSA) is 83.9 Å². The summed E-state index contributed by atoms with van der Waals surface area (Å²) in [6.07, 6.45) is 10.6. The Morgan fingerprint density at radius 3 is 2.33 bits per heavy atom. The monoisotopic (exact) mass is 590 g/mol. The van der Waals surface area contributed by atoms with Crippen LogP contribution in [0.4, 0.5) is 4.79 Å². The van der Waals surface area contributed by atoms with Crippen LogP contribution in [0.25, 0.3) is 10.9 Å². The van der Waals surface area contributed by atoms with E-state index in [1.54, 1.807) is 25.1 Å². The van der Waals surface area contributed by atoms with E-state index in [2.05, 4.69) is 22.5 Å². The maximum atomic E-state index is 14.0. The molecule has 6 rings (SSSR count). The van der Waals surface area contributed by atoms with Crippen LogP contribution in [0.2, 0.25) is 5.02 Å². The number of benzene rings is 2. The highest BCUT2D eigenvalue weighted by Gasteiger charge is 2.45. The summed E-state index contributed by atoms with van der Waals surface area (Å²) >= 11 is 6.38. The van der Waals surface area contributed by atoms with Crippen molar-refractivity contribution in [3.8, 4) is 0 Å². The number of nitrogens with one attached hydrogen (secondary N) is 1. The summed E-state index contributed by atoms with van der Waals surface area (Å²) in [5.41, 5.74) is 5.84. The van der Waals surface area contributed by atoms with Crippen molar-refractivity contribution in [2.24, 2.45) is 0 Å². The predicted octanol–water partition coefficient (Wildman–Crippen LogP) is 6.55. The van der Waals surface area contributed by atoms with Crippen molar-refractivity contribution in [1.29, 1.82) is 0 Å². The second-order valence-electron chi connectivity index (χ2n) is 12.0. The first-order valence-electron chi connectivity index (χ1n) is 15.3. The third-order valence-corrected chi connectivity index (χ3v) is 9.49. The highest BCUT2D eigenvalue weighted by atomic mass is 35.5. The van der Waals surface area contributed by atoms with Gasteiger partial charge >= 0.3 is 6.09 Å². The van der Waals surface area contributed by atoms with E-state index < -0.39 is 6.09 Å². The van der Waals surface area contributed by atoms with Gasteiger partial charge in [-0.05, 0) is 88.4 Å². The molecule has 42 heavy (non-hydrogen) atoms. The number of likely N-dealkylation sites (tertiary alicyclic amines) is 1. The number of nitrogens with zero attached hydrogens (tertiary/aromatic N) is 3. The maximum Gasteiger partial charge on any atom is 0.418 e. The normalized spacial score (nSPS) is 18.6. The number of hydrogen-bond acceptors (Lipinski definition) is 5. The van der Waals surface area contributed by atoms with Crippen molar-refractivity contribution < 1.29 is 19.1 Å². The molecule has 1 aliphatic heterocycles. The zero-order chi connectivity index (χ0) is 29.3. The van der Waals surface area contributed by atoms with Gasteiger partial charge in [-0.2, -0.15) is 0 Å². The summed E-state index contributed by atoms with van der Waals surface area (Å²) in [6, 6.07) is 12.9. The number of hydrogen-bond donors (Lipinski definition) is 1. The van der Waals surface area contributed by atoms with Crippen molar-refractivity contribution in [3.05, 3.63) is 70.4 Å². The van der Waals surface area contributed by atoms with Gasteiger partial charge in [0.25, 0.3) is 11.8 Å². The Hall–Kier alpha value is -3.36. The van der Waals surface area contributed by atoms with E-state index in [1.807, 2.05) is 12.1 Å². The molecule has 222 valence electrons. The van der Waals surface area contributed by atoms with Gasteiger partial charge < -0.3 is 9.64 Å².